The SMILES string of the molecule is CN(C)CCNC(=O)NCC[C@H]1CC[C@@H]2[C@H](O1)c1cc(C(F)(F)F)ccc1N[C@H]2C1C=CC=CC1. The molecule has 1 aromatic rings. The molecule has 0 aromatic heterocycles. The van der Waals surface area contributed by atoms with Gasteiger partial charge in [-0.1, -0.05) is 24.3 Å². The van der Waals surface area contributed by atoms with Crippen LogP contribution >= 0.6 is 0 Å². The Kier molecular flexibility index (Phi) is 8.06. The summed E-state index contributed by atoms with van der Waals surface area (Å²) < 4.78 is 46.9. The predicted octanol–water partition coefficient (Wildman–Crippen LogP) is 4.72. The lowest BCUT2D eigenvalue weighted by Crippen LogP contribution is -2.47. The van der Waals surface area contributed by atoms with E-state index in [0.29, 0.717) is 30.8 Å². The molecule has 9 heteroatoms. The van der Waals surface area contributed by atoms with Crippen molar-refractivity contribution in [3.63, 3.8) is 0 Å². The summed E-state index contributed by atoms with van der Waals surface area (Å²) in [5.74, 6) is 0.335. The van der Waals surface area contributed by atoms with Crippen molar-refractivity contribution in [2.24, 2.45) is 11.8 Å². The van der Waals surface area contributed by atoms with Crippen LogP contribution in [0.25, 0.3) is 0 Å². The molecule has 3 aliphatic rings. The van der Waals surface area contributed by atoms with Gasteiger partial charge in [0, 0.05) is 48.8 Å². The highest BCUT2D eigenvalue weighted by Gasteiger charge is 2.44. The van der Waals surface area contributed by atoms with E-state index in [1.165, 1.54) is 12.1 Å². The molecule has 0 spiro atoms. The molecule has 6 nitrogen and oxygen atoms in total. The lowest BCUT2D eigenvalue weighted by Gasteiger charge is -2.47. The van der Waals surface area contributed by atoms with Gasteiger partial charge in [-0.05, 0) is 58.0 Å². The smallest absolute Gasteiger partial charge is 0.381 e. The summed E-state index contributed by atoms with van der Waals surface area (Å²) in [5, 5.41) is 9.21. The molecule has 5 atom stereocenters. The minimum absolute atomic E-state index is 0.0747. The minimum atomic E-state index is -4.41. The Labute approximate surface area is 205 Å². The number of amides is 2. The molecule has 1 aliphatic carbocycles. The molecule has 3 N–H and O–H groups in total. The maximum Gasteiger partial charge on any atom is 0.416 e. The van der Waals surface area contributed by atoms with Crippen LogP contribution in [0.15, 0.2) is 42.5 Å². The molecule has 192 valence electrons. The Morgan fingerprint density at radius 1 is 1.17 bits per heavy atom. The third-order valence-electron chi connectivity index (χ3n) is 7.09. The molecule has 2 amide bonds. The first kappa shape index (κ1) is 25.6. The van der Waals surface area contributed by atoms with Crippen molar-refractivity contribution < 1.29 is 22.7 Å². The standard InChI is InChI=1S/C26H35F3N4O2/c1-33(2)15-14-31-25(34)30-13-12-19-9-10-20-23(17-6-4-3-5-7-17)32-22-11-8-18(26(27,28)29)16-21(22)24(20)35-19/h3-6,8,11,16-17,19-20,23-24,32H,7,9-10,12-15H2,1-2H3,(H2,30,31,34)/t17?,19-,20+,23+,24+/m1/s1. The van der Waals surface area contributed by atoms with Crippen LogP contribution in [0.1, 0.15) is 42.9 Å². The highest BCUT2D eigenvalue weighted by Crippen LogP contribution is 2.49. The Balaban J connectivity index is 1.44. The summed E-state index contributed by atoms with van der Waals surface area (Å²) in [7, 11) is 3.88. The number of allylic oxidation sites excluding steroid dienone is 3. The molecule has 1 unspecified atom stereocenters. The van der Waals surface area contributed by atoms with Crippen molar-refractivity contribution in [3.8, 4) is 0 Å². The highest BCUT2D eigenvalue weighted by atomic mass is 19.4. The van der Waals surface area contributed by atoms with Gasteiger partial charge in [0.25, 0.3) is 0 Å². The predicted molar refractivity (Wildman–Crippen MR) is 130 cm³/mol. The van der Waals surface area contributed by atoms with Crippen molar-refractivity contribution in [3.05, 3.63) is 53.6 Å². The molecule has 35 heavy (non-hydrogen) atoms. The number of hydrogen-bond donors (Lipinski definition) is 3. The second-order valence-electron chi connectivity index (χ2n) is 9.88. The summed E-state index contributed by atoms with van der Waals surface area (Å²) in [4.78, 5) is 14.0. The number of benzene rings is 1. The normalized spacial score (nSPS) is 27.7. The van der Waals surface area contributed by atoms with Crippen molar-refractivity contribution in [1.82, 2.24) is 15.5 Å². The number of nitrogens with zero attached hydrogens (tertiary/aromatic N) is 1. The molecule has 2 aliphatic heterocycles. The number of carbonyl (C=O) groups excluding carboxylic acids is 1. The van der Waals surface area contributed by atoms with Crippen LogP contribution in [-0.4, -0.2) is 56.8 Å². The number of likely N-dealkylation sites (N-methyl/N-ethyl adjacent to an activating group) is 1. The van der Waals surface area contributed by atoms with Gasteiger partial charge in [0.15, 0.2) is 0 Å². The van der Waals surface area contributed by atoms with E-state index in [9.17, 15) is 18.0 Å². The van der Waals surface area contributed by atoms with Crippen LogP contribution < -0.4 is 16.0 Å². The van der Waals surface area contributed by atoms with Crippen molar-refractivity contribution in [2.45, 2.75) is 50.1 Å². The van der Waals surface area contributed by atoms with Gasteiger partial charge in [0.2, 0.25) is 0 Å². The third kappa shape index (κ3) is 6.38. The van der Waals surface area contributed by atoms with Crippen LogP contribution in [0.5, 0.6) is 0 Å². The largest absolute Gasteiger partial charge is 0.416 e. The van der Waals surface area contributed by atoms with Gasteiger partial charge in [0.1, 0.15) is 0 Å². The zero-order valence-corrected chi connectivity index (χ0v) is 20.3. The van der Waals surface area contributed by atoms with Crippen LogP contribution in [-0.2, 0) is 10.9 Å². The van der Waals surface area contributed by atoms with E-state index in [0.717, 1.165) is 31.9 Å². The zero-order valence-electron chi connectivity index (χ0n) is 20.3. The van der Waals surface area contributed by atoms with Gasteiger partial charge in [-0.15, -0.1) is 0 Å². The van der Waals surface area contributed by atoms with E-state index in [1.54, 1.807) is 0 Å². The maximum atomic E-state index is 13.5. The molecule has 1 fully saturated rings. The van der Waals surface area contributed by atoms with Gasteiger partial charge < -0.3 is 25.6 Å². The topological polar surface area (TPSA) is 65.6 Å². The third-order valence-corrected chi connectivity index (χ3v) is 7.09. The maximum absolute atomic E-state index is 13.5. The van der Waals surface area contributed by atoms with E-state index in [1.807, 2.05) is 31.1 Å². The number of halogens is 3. The lowest BCUT2D eigenvalue weighted by atomic mass is 9.72. The summed E-state index contributed by atoms with van der Waals surface area (Å²) in [6.07, 6.45) is 6.59. The second-order valence-corrected chi connectivity index (χ2v) is 9.88. The van der Waals surface area contributed by atoms with Crippen molar-refractivity contribution in [2.75, 3.05) is 39.0 Å². The number of alkyl halides is 3. The first-order valence-corrected chi connectivity index (χ1v) is 12.4. The van der Waals surface area contributed by atoms with Gasteiger partial charge in [0.05, 0.1) is 17.8 Å². The lowest BCUT2D eigenvalue weighted by molar-refractivity contribution is -0.138. The molecule has 1 aromatic carbocycles. The summed E-state index contributed by atoms with van der Waals surface area (Å²) in [6, 6.07) is 3.79. The number of fused-ring (bicyclic) bond motifs is 3. The van der Waals surface area contributed by atoms with Gasteiger partial charge in [-0.25, -0.2) is 4.79 Å². The number of carbonyl (C=O) groups is 1. The Morgan fingerprint density at radius 3 is 2.69 bits per heavy atom. The number of urea groups is 1. The fraction of sp³-hybridized carbons (Fsp3) is 0.577. The molecular formula is C26H35F3N4O2. The zero-order chi connectivity index (χ0) is 25.0. The molecule has 2 heterocycles. The second kappa shape index (κ2) is 11.0. The fourth-order valence-corrected chi connectivity index (χ4v) is 5.28. The Morgan fingerprint density at radius 2 is 1.97 bits per heavy atom. The number of nitrogens with one attached hydrogen (secondary N) is 3. The van der Waals surface area contributed by atoms with Crippen LogP contribution in [0.4, 0.5) is 23.7 Å². The van der Waals surface area contributed by atoms with Crippen LogP contribution in [0, 0.1) is 11.8 Å². The molecule has 4 rings (SSSR count). The monoisotopic (exact) mass is 492 g/mol. The Hall–Kier alpha value is -2.52. The van der Waals surface area contributed by atoms with Gasteiger partial charge in [-0.2, -0.15) is 13.2 Å². The number of hydrogen-bond acceptors (Lipinski definition) is 4. The molecule has 0 bridgehead atoms. The minimum Gasteiger partial charge on any atom is -0.381 e. The molecule has 1 saturated heterocycles. The summed E-state index contributed by atoms with van der Waals surface area (Å²) in [6.45, 7) is 1.76. The van der Waals surface area contributed by atoms with Crippen molar-refractivity contribution in [1.29, 1.82) is 0 Å². The summed E-state index contributed by atoms with van der Waals surface area (Å²) >= 11 is 0. The van der Waals surface area contributed by atoms with E-state index >= 15 is 0 Å². The average Bonchev–Trinajstić information content (AvgIpc) is 2.83. The van der Waals surface area contributed by atoms with Gasteiger partial charge in [-0.3, -0.25) is 0 Å². The molecular weight excluding hydrogens is 457 g/mol. The highest BCUT2D eigenvalue weighted by molar-refractivity contribution is 5.73. The number of ether oxygens (including phenoxy) is 1. The first-order chi connectivity index (χ1) is 16.7. The van der Waals surface area contributed by atoms with Crippen molar-refractivity contribution >= 4 is 11.7 Å². The number of anilines is 1. The molecule has 0 radical (unpaired) electrons. The van der Waals surface area contributed by atoms with E-state index < -0.39 is 17.8 Å². The van der Waals surface area contributed by atoms with Gasteiger partial charge >= 0.3 is 12.2 Å². The fourth-order valence-electron chi connectivity index (χ4n) is 5.28. The van der Waals surface area contributed by atoms with Crippen LogP contribution in [0.3, 0.4) is 0 Å². The quantitative estimate of drug-likeness (QED) is 0.516. The average molecular weight is 493 g/mol. The Bertz CT molecular complexity index is 947. The first-order valence-electron chi connectivity index (χ1n) is 12.4. The number of rotatable bonds is 7. The van der Waals surface area contributed by atoms with E-state index in [4.69, 9.17) is 4.74 Å². The van der Waals surface area contributed by atoms with E-state index in [2.05, 4.69) is 28.1 Å². The summed E-state index contributed by atoms with van der Waals surface area (Å²) in [5.41, 5.74) is 0.638. The van der Waals surface area contributed by atoms with E-state index in [-0.39, 0.29) is 30.0 Å². The van der Waals surface area contributed by atoms with Crippen LogP contribution in [0.2, 0.25) is 0 Å². The molecule has 0 saturated carbocycles.